The average Bonchev–Trinajstić information content (AvgIpc) is 3.29. The van der Waals surface area contributed by atoms with Crippen molar-refractivity contribution in [2.45, 2.75) is 48.6 Å². The summed E-state index contributed by atoms with van der Waals surface area (Å²) in [6.45, 7) is 4.41. The van der Waals surface area contributed by atoms with E-state index in [1.165, 1.54) is 32.0 Å². The second kappa shape index (κ2) is 5.26. The molecule has 136 valence electrons. The Hall–Kier alpha value is -1.48. The minimum absolute atomic E-state index is 0.128. The van der Waals surface area contributed by atoms with Crippen molar-refractivity contribution >= 4 is 37.7 Å². The van der Waals surface area contributed by atoms with Crippen LogP contribution in [0, 0.1) is 5.82 Å². The lowest BCUT2D eigenvalue weighted by Gasteiger charge is -2.45. The molecule has 6 nitrogen and oxygen atoms in total. The summed E-state index contributed by atoms with van der Waals surface area (Å²) < 4.78 is 39.1. The van der Waals surface area contributed by atoms with Gasteiger partial charge in [-0.05, 0) is 51.8 Å². The number of benzene rings is 1. The predicted octanol–water partition coefficient (Wildman–Crippen LogP) is 3.21. The minimum atomic E-state index is -3.85. The van der Waals surface area contributed by atoms with Gasteiger partial charge in [0.1, 0.15) is 26.7 Å². The monoisotopic (exact) mass is 432 g/mol. The fourth-order valence-corrected chi connectivity index (χ4v) is 6.67. The highest BCUT2D eigenvalue weighted by Gasteiger charge is 2.73. The first-order chi connectivity index (χ1) is 11.4. The maximum absolute atomic E-state index is 14.6. The quantitative estimate of drug-likeness (QED) is 0.711. The van der Waals surface area contributed by atoms with Crippen molar-refractivity contribution < 1.29 is 22.7 Å². The molecule has 1 aliphatic carbocycles. The Balaban J connectivity index is 2.35. The lowest BCUT2D eigenvalue weighted by molar-refractivity contribution is 0.199. The zero-order valence-electron chi connectivity index (χ0n) is 13.9. The van der Waals surface area contributed by atoms with E-state index >= 15 is 0 Å². The number of carbonyl (C=O) groups is 1. The Labute approximate surface area is 153 Å². The number of nitrogens with zero attached hydrogens (tertiary/aromatic N) is 1. The smallest absolute Gasteiger partial charge is 0.410 e. The number of hydrogen-bond acceptors (Lipinski definition) is 4. The summed E-state index contributed by atoms with van der Waals surface area (Å²) in [5.74, 6) is -0.773. The molecule has 0 aromatic heterocycles. The Morgan fingerprint density at radius 1 is 1.32 bits per heavy atom. The molecule has 0 radical (unpaired) electrons. The van der Waals surface area contributed by atoms with E-state index in [1.54, 1.807) is 6.92 Å². The third-order valence-electron chi connectivity index (χ3n) is 5.36. The second-order valence-electron chi connectivity index (χ2n) is 7.09. The molecular formula is C16H18BrFN2O4S. The van der Waals surface area contributed by atoms with Crippen molar-refractivity contribution in [3.8, 4) is 0 Å². The fraction of sp³-hybridized carbons (Fsp3) is 0.500. The molecule has 1 amide bonds. The molecule has 9 heteroatoms. The number of sulfone groups is 1. The van der Waals surface area contributed by atoms with Gasteiger partial charge < -0.3 is 5.11 Å². The summed E-state index contributed by atoms with van der Waals surface area (Å²) >= 11 is 3.28. The first-order valence-electron chi connectivity index (χ1n) is 7.69. The summed E-state index contributed by atoms with van der Waals surface area (Å²) in [6, 6.07) is 4.27. The second-order valence-corrected chi connectivity index (χ2v) is 10.8. The van der Waals surface area contributed by atoms with Gasteiger partial charge in [0.25, 0.3) is 0 Å². The van der Waals surface area contributed by atoms with Gasteiger partial charge in [-0.25, -0.2) is 17.6 Å². The molecule has 2 aliphatic rings. The van der Waals surface area contributed by atoms with Crippen molar-refractivity contribution in [2.24, 2.45) is 4.99 Å². The third kappa shape index (κ3) is 2.28. The minimum Gasteiger partial charge on any atom is -0.465 e. The van der Waals surface area contributed by atoms with Crippen molar-refractivity contribution in [1.82, 2.24) is 5.32 Å². The summed E-state index contributed by atoms with van der Waals surface area (Å²) in [4.78, 5) is 15.6. The fourth-order valence-electron chi connectivity index (χ4n) is 3.66. The van der Waals surface area contributed by atoms with Gasteiger partial charge in [-0.1, -0.05) is 15.9 Å². The lowest BCUT2D eigenvalue weighted by atomic mass is 9.85. The van der Waals surface area contributed by atoms with Crippen LogP contribution in [0.1, 0.15) is 39.2 Å². The van der Waals surface area contributed by atoms with Crippen LogP contribution < -0.4 is 5.32 Å². The lowest BCUT2D eigenvalue weighted by Crippen LogP contribution is -2.63. The number of hydrogen-bond donors (Lipinski definition) is 2. The van der Waals surface area contributed by atoms with Gasteiger partial charge in [0, 0.05) is 10.0 Å². The van der Waals surface area contributed by atoms with Gasteiger partial charge in [-0.15, -0.1) is 0 Å². The highest BCUT2D eigenvalue weighted by Crippen LogP contribution is 2.63. The molecule has 1 aromatic carbocycles. The van der Waals surface area contributed by atoms with E-state index in [1.807, 2.05) is 0 Å². The number of amidine groups is 1. The van der Waals surface area contributed by atoms with Crippen molar-refractivity contribution in [3.63, 3.8) is 0 Å². The molecule has 1 saturated carbocycles. The zero-order chi connectivity index (χ0) is 18.8. The van der Waals surface area contributed by atoms with Crippen LogP contribution in [-0.2, 0) is 15.4 Å². The Morgan fingerprint density at radius 3 is 2.44 bits per heavy atom. The van der Waals surface area contributed by atoms with E-state index in [9.17, 15) is 17.6 Å². The maximum atomic E-state index is 14.6. The summed E-state index contributed by atoms with van der Waals surface area (Å²) in [5.41, 5.74) is -1.30. The zero-order valence-corrected chi connectivity index (χ0v) is 16.3. The molecule has 1 aromatic rings. The molecule has 1 atom stereocenters. The predicted molar refractivity (Wildman–Crippen MR) is 95.0 cm³/mol. The normalized spacial score (nSPS) is 28.3. The number of aliphatic imine (C=N–C) groups is 1. The van der Waals surface area contributed by atoms with Crippen LogP contribution >= 0.6 is 15.9 Å². The van der Waals surface area contributed by atoms with Gasteiger partial charge in [0.05, 0.1) is 0 Å². The molecule has 1 spiro atoms. The summed E-state index contributed by atoms with van der Waals surface area (Å²) in [6.07, 6.45) is -0.707. The number of amides is 1. The highest BCUT2D eigenvalue weighted by atomic mass is 79.9. The van der Waals surface area contributed by atoms with Crippen LogP contribution in [0.5, 0.6) is 0 Å². The Morgan fingerprint density at radius 2 is 1.92 bits per heavy atom. The molecule has 1 heterocycles. The van der Waals surface area contributed by atoms with Gasteiger partial charge >= 0.3 is 6.09 Å². The molecule has 0 saturated heterocycles. The standard InChI is InChI=1S/C16H18BrFN2O4S/c1-14(2)12(19-13(21)22)20-15(3,16(6-7-16)25(14,23)24)10-8-9(17)4-5-11(10)18/h4-5,8H,6-7H2,1-3H3,(H,19,20)(H,21,22). The number of rotatable bonds is 1. The topological polar surface area (TPSA) is 95.8 Å². The first kappa shape index (κ1) is 18.3. The molecular weight excluding hydrogens is 415 g/mol. The summed E-state index contributed by atoms with van der Waals surface area (Å²) in [5, 5.41) is 11.2. The van der Waals surface area contributed by atoms with E-state index < -0.39 is 36.8 Å². The van der Waals surface area contributed by atoms with E-state index in [0.29, 0.717) is 17.3 Å². The molecule has 3 rings (SSSR count). The average molecular weight is 433 g/mol. The van der Waals surface area contributed by atoms with Crippen LogP contribution in [0.25, 0.3) is 0 Å². The van der Waals surface area contributed by atoms with Crippen molar-refractivity contribution in [2.75, 3.05) is 0 Å². The largest absolute Gasteiger partial charge is 0.465 e. The Kier molecular flexibility index (Phi) is 3.85. The van der Waals surface area contributed by atoms with Gasteiger partial charge in [-0.3, -0.25) is 10.3 Å². The van der Waals surface area contributed by atoms with Gasteiger partial charge in [0.15, 0.2) is 9.84 Å². The van der Waals surface area contributed by atoms with Gasteiger partial charge in [-0.2, -0.15) is 0 Å². The van der Waals surface area contributed by atoms with Crippen LogP contribution in [-0.4, -0.2) is 34.9 Å². The molecule has 1 fully saturated rings. The maximum Gasteiger partial charge on any atom is 0.410 e. The third-order valence-corrected chi connectivity index (χ3v) is 9.23. The van der Waals surface area contributed by atoms with E-state index in [4.69, 9.17) is 5.11 Å². The number of nitrogens with one attached hydrogen (secondary N) is 1. The molecule has 1 aliphatic heterocycles. The van der Waals surface area contributed by atoms with Crippen LogP contribution in [0.15, 0.2) is 27.7 Å². The van der Waals surface area contributed by atoms with Crippen LogP contribution in [0.3, 0.4) is 0 Å². The van der Waals surface area contributed by atoms with Crippen LogP contribution in [0.4, 0.5) is 9.18 Å². The van der Waals surface area contributed by atoms with Crippen molar-refractivity contribution in [1.29, 1.82) is 0 Å². The number of halogens is 2. The molecule has 0 bridgehead atoms. The Bertz CT molecular complexity index is 909. The summed E-state index contributed by atoms with van der Waals surface area (Å²) in [7, 11) is -3.85. The van der Waals surface area contributed by atoms with Gasteiger partial charge in [0.2, 0.25) is 0 Å². The number of carboxylic acid groups (broad SMARTS) is 1. The van der Waals surface area contributed by atoms with Crippen LogP contribution in [0.2, 0.25) is 0 Å². The van der Waals surface area contributed by atoms with E-state index in [-0.39, 0.29) is 11.4 Å². The van der Waals surface area contributed by atoms with E-state index in [2.05, 4.69) is 26.2 Å². The molecule has 25 heavy (non-hydrogen) atoms. The highest BCUT2D eigenvalue weighted by molar-refractivity contribution is 9.10. The first-order valence-corrected chi connectivity index (χ1v) is 9.97. The van der Waals surface area contributed by atoms with E-state index in [0.717, 1.165) is 0 Å². The molecule has 2 N–H and O–H groups in total. The molecule has 1 unspecified atom stereocenters. The van der Waals surface area contributed by atoms with Crippen molar-refractivity contribution in [3.05, 3.63) is 34.1 Å². The SMILES string of the molecule is CC1(c2cc(Br)ccc2F)N=C(NC(=O)O)C(C)(C)S(=O)(=O)C12CC2.